The van der Waals surface area contributed by atoms with Gasteiger partial charge in [0.1, 0.15) is 11.6 Å². The van der Waals surface area contributed by atoms with Gasteiger partial charge in [-0.3, -0.25) is 4.79 Å². The molecule has 0 saturated heterocycles. The summed E-state index contributed by atoms with van der Waals surface area (Å²) in [5, 5.41) is 2.35. The molecule has 0 atom stereocenters. The lowest BCUT2D eigenvalue weighted by Gasteiger charge is -2.06. The van der Waals surface area contributed by atoms with Crippen molar-refractivity contribution in [3.05, 3.63) is 60.2 Å². The molecule has 0 aliphatic heterocycles. The van der Waals surface area contributed by atoms with Crippen LogP contribution in [0.1, 0.15) is 0 Å². The molecule has 0 unspecified atom stereocenters. The van der Waals surface area contributed by atoms with Crippen molar-refractivity contribution in [3.63, 3.8) is 0 Å². The van der Waals surface area contributed by atoms with Crippen LogP contribution in [-0.2, 0) is 4.79 Å². The zero-order chi connectivity index (χ0) is 13.7. The van der Waals surface area contributed by atoms with Gasteiger partial charge in [-0.05, 0) is 24.3 Å². The van der Waals surface area contributed by atoms with Crippen LogP contribution < -0.4 is 5.32 Å². The molecule has 0 aliphatic carbocycles. The summed E-state index contributed by atoms with van der Waals surface area (Å²) in [5.41, 5.74) is -0.140. The number of halogens is 2. The Balaban J connectivity index is 1.93. The third kappa shape index (κ3) is 4.06. The fourth-order valence-electron chi connectivity index (χ4n) is 1.45. The largest absolute Gasteiger partial charge is 0.323 e. The summed E-state index contributed by atoms with van der Waals surface area (Å²) in [6.07, 6.45) is 0. The van der Waals surface area contributed by atoms with Gasteiger partial charge in [0.05, 0.1) is 11.4 Å². The lowest BCUT2D eigenvalue weighted by atomic mass is 10.3. The topological polar surface area (TPSA) is 29.1 Å². The highest BCUT2D eigenvalue weighted by Gasteiger charge is 2.08. The van der Waals surface area contributed by atoms with Crippen LogP contribution in [0.5, 0.6) is 0 Å². The van der Waals surface area contributed by atoms with Crippen molar-refractivity contribution in [1.29, 1.82) is 0 Å². The Hall–Kier alpha value is -1.88. The maximum absolute atomic E-state index is 13.3. The minimum absolute atomic E-state index is 0.139. The van der Waals surface area contributed by atoms with Gasteiger partial charge in [-0.15, -0.1) is 11.8 Å². The Morgan fingerprint density at radius 2 is 1.84 bits per heavy atom. The number of hydrogen-bond acceptors (Lipinski definition) is 2. The number of carbonyl (C=O) groups is 1. The van der Waals surface area contributed by atoms with E-state index in [1.165, 1.54) is 11.8 Å². The van der Waals surface area contributed by atoms with Crippen LogP contribution in [0.2, 0.25) is 0 Å². The molecule has 2 aromatic rings. The van der Waals surface area contributed by atoms with Crippen molar-refractivity contribution in [2.24, 2.45) is 0 Å². The molecular weight excluding hydrogens is 268 g/mol. The number of hydrogen-bond donors (Lipinski definition) is 1. The van der Waals surface area contributed by atoms with Crippen molar-refractivity contribution in [1.82, 2.24) is 0 Å². The summed E-state index contributed by atoms with van der Waals surface area (Å²) in [7, 11) is 0. The van der Waals surface area contributed by atoms with E-state index in [0.29, 0.717) is 0 Å². The SMILES string of the molecule is O=C(CSc1ccccc1)Nc1cc(F)ccc1F. The standard InChI is InChI=1S/C14H11F2NOS/c15-10-6-7-12(16)13(8-10)17-14(18)9-19-11-4-2-1-3-5-11/h1-8H,9H2,(H,17,18). The lowest BCUT2D eigenvalue weighted by molar-refractivity contribution is -0.113. The smallest absolute Gasteiger partial charge is 0.234 e. The van der Waals surface area contributed by atoms with Crippen LogP contribution in [-0.4, -0.2) is 11.7 Å². The molecule has 0 aromatic heterocycles. The maximum Gasteiger partial charge on any atom is 0.234 e. The molecule has 2 nitrogen and oxygen atoms in total. The first-order chi connectivity index (χ1) is 9.15. The molecule has 1 N–H and O–H groups in total. The van der Waals surface area contributed by atoms with Gasteiger partial charge < -0.3 is 5.32 Å². The van der Waals surface area contributed by atoms with E-state index < -0.39 is 11.6 Å². The molecule has 0 spiro atoms. The minimum Gasteiger partial charge on any atom is -0.323 e. The summed E-state index contributed by atoms with van der Waals surface area (Å²) in [6, 6.07) is 12.3. The summed E-state index contributed by atoms with van der Waals surface area (Å²) < 4.78 is 26.2. The average molecular weight is 279 g/mol. The molecule has 0 saturated carbocycles. The van der Waals surface area contributed by atoms with E-state index in [9.17, 15) is 13.6 Å². The molecule has 0 heterocycles. The Morgan fingerprint density at radius 1 is 1.11 bits per heavy atom. The second-order valence-corrected chi connectivity index (χ2v) is 4.82. The van der Waals surface area contributed by atoms with E-state index in [-0.39, 0.29) is 17.3 Å². The summed E-state index contributed by atoms with van der Waals surface area (Å²) in [4.78, 5) is 12.6. The molecule has 2 rings (SSSR count). The second-order valence-electron chi connectivity index (χ2n) is 3.77. The van der Waals surface area contributed by atoms with Crippen molar-refractivity contribution in [3.8, 4) is 0 Å². The molecule has 0 aliphatic rings. The fraction of sp³-hybridized carbons (Fsp3) is 0.0714. The highest BCUT2D eigenvalue weighted by atomic mass is 32.2. The van der Waals surface area contributed by atoms with E-state index in [4.69, 9.17) is 0 Å². The van der Waals surface area contributed by atoms with Gasteiger partial charge in [0.2, 0.25) is 5.91 Å². The minimum atomic E-state index is -0.653. The van der Waals surface area contributed by atoms with Gasteiger partial charge in [-0.25, -0.2) is 8.78 Å². The van der Waals surface area contributed by atoms with E-state index in [1.807, 2.05) is 30.3 Å². The zero-order valence-corrected chi connectivity index (χ0v) is 10.7. The normalized spacial score (nSPS) is 10.2. The Morgan fingerprint density at radius 3 is 2.58 bits per heavy atom. The van der Waals surface area contributed by atoms with Crippen molar-refractivity contribution >= 4 is 23.4 Å². The van der Waals surface area contributed by atoms with Gasteiger partial charge in [0.15, 0.2) is 0 Å². The Bertz CT molecular complexity index is 575. The van der Waals surface area contributed by atoms with Crippen LogP contribution in [0.3, 0.4) is 0 Å². The Labute approximate surface area is 113 Å². The summed E-state index contributed by atoms with van der Waals surface area (Å²) in [6.45, 7) is 0. The first-order valence-electron chi connectivity index (χ1n) is 5.58. The van der Waals surface area contributed by atoms with E-state index in [1.54, 1.807) is 0 Å². The number of benzene rings is 2. The van der Waals surface area contributed by atoms with Crippen molar-refractivity contribution < 1.29 is 13.6 Å². The van der Waals surface area contributed by atoms with Crippen molar-refractivity contribution in [2.75, 3.05) is 11.1 Å². The number of rotatable bonds is 4. The van der Waals surface area contributed by atoms with Crippen LogP contribution in [0, 0.1) is 11.6 Å². The van der Waals surface area contributed by atoms with Crippen LogP contribution in [0.15, 0.2) is 53.4 Å². The third-order valence-electron chi connectivity index (χ3n) is 2.32. The number of anilines is 1. The van der Waals surface area contributed by atoms with Crippen LogP contribution in [0.25, 0.3) is 0 Å². The number of nitrogens with one attached hydrogen (secondary N) is 1. The van der Waals surface area contributed by atoms with Crippen molar-refractivity contribution in [2.45, 2.75) is 4.90 Å². The maximum atomic E-state index is 13.3. The van der Waals surface area contributed by atoms with Gasteiger partial charge >= 0.3 is 0 Å². The highest BCUT2D eigenvalue weighted by Crippen LogP contribution is 2.19. The van der Waals surface area contributed by atoms with Gasteiger partial charge in [-0.2, -0.15) is 0 Å². The van der Waals surface area contributed by atoms with Crippen LogP contribution >= 0.6 is 11.8 Å². The van der Waals surface area contributed by atoms with E-state index in [0.717, 1.165) is 23.1 Å². The lowest BCUT2D eigenvalue weighted by Crippen LogP contribution is -2.15. The number of thioether (sulfide) groups is 1. The number of amides is 1. The molecule has 0 radical (unpaired) electrons. The molecule has 0 fully saturated rings. The second kappa shape index (κ2) is 6.33. The van der Waals surface area contributed by atoms with Crippen LogP contribution in [0.4, 0.5) is 14.5 Å². The summed E-state index contributed by atoms with van der Waals surface area (Å²) in [5.74, 6) is -1.48. The molecular formula is C14H11F2NOS. The monoisotopic (exact) mass is 279 g/mol. The average Bonchev–Trinajstić information content (AvgIpc) is 2.42. The third-order valence-corrected chi connectivity index (χ3v) is 3.33. The predicted molar refractivity (Wildman–Crippen MR) is 72.2 cm³/mol. The zero-order valence-electron chi connectivity index (χ0n) is 9.90. The van der Waals surface area contributed by atoms with Gasteiger partial charge in [-0.1, -0.05) is 18.2 Å². The molecule has 2 aromatic carbocycles. The predicted octanol–water partition coefficient (Wildman–Crippen LogP) is 3.70. The molecule has 0 bridgehead atoms. The van der Waals surface area contributed by atoms with E-state index >= 15 is 0 Å². The first-order valence-corrected chi connectivity index (χ1v) is 6.56. The summed E-state index contributed by atoms with van der Waals surface area (Å²) >= 11 is 1.33. The molecule has 98 valence electrons. The molecule has 5 heteroatoms. The van der Waals surface area contributed by atoms with Gasteiger partial charge in [0.25, 0.3) is 0 Å². The van der Waals surface area contributed by atoms with E-state index in [2.05, 4.69) is 5.32 Å². The molecule has 19 heavy (non-hydrogen) atoms. The van der Waals surface area contributed by atoms with Gasteiger partial charge in [0, 0.05) is 11.0 Å². The number of carbonyl (C=O) groups excluding carboxylic acids is 1. The quantitative estimate of drug-likeness (QED) is 0.865. The molecule has 1 amide bonds. The first kappa shape index (κ1) is 13.5. The Kier molecular flexibility index (Phi) is 4.52. The fourth-order valence-corrected chi connectivity index (χ4v) is 2.16. The highest BCUT2D eigenvalue weighted by molar-refractivity contribution is 8.00.